The molecule has 2 rings (SSSR count). The van der Waals surface area contributed by atoms with Gasteiger partial charge in [0.2, 0.25) is 0 Å². The molecule has 18 heavy (non-hydrogen) atoms. The van der Waals surface area contributed by atoms with Gasteiger partial charge in [-0.25, -0.2) is 0 Å². The molecule has 4 heteroatoms. The monoisotopic (exact) mass is 248 g/mol. The SMILES string of the molecule is CCc1cc(N)cc2c1OC(C(C)C)C(=O)N2C. The summed E-state index contributed by atoms with van der Waals surface area (Å²) in [6.45, 7) is 6.04. The molecule has 1 aliphatic heterocycles. The quantitative estimate of drug-likeness (QED) is 0.816. The molecule has 1 heterocycles. The standard InChI is InChI=1S/C14H20N2O2/c1-5-9-6-10(15)7-11-13(9)18-12(8(2)3)14(17)16(11)4/h6-8,12H,5,15H2,1-4H3. The number of anilines is 2. The Labute approximate surface area is 108 Å². The lowest BCUT2D eigenvalue weighted by molar-refractivity contribution is -0.127. The summed E-state index contributed by atoms with van der Waals surface area (Å²) in [6.07, 6.45) is 0.427. The van der Waals surface area contributed by atoms with Gasteiger partial charge in [0.15, 0.2) is 6.10 Å². The van der Waals surface area contributed by atoms with Gasteiger partial charge in [0, 0.05) is 12.7 Å². The van der Waals surface area contributed by atoms with E-state index in [0.29, 0.717) is 5.69 Å². The maximum atomic E-state index is 12.2. The maximum Gasteiger partial charge on any atom is 0.268 e. The smallest absolute Gasteiger partial charge is 0.268 e. The molecule has 98 valence electrons. The van der Waals surface area contributed by atoms with E-state index in [4.69, 9.17) is 10.5 Å². The minimum absolute atomic E-state index is 0.00912. The maximum absolute atomic E-state index is 12.2. The van der Waals surface area contributed by atoms with Gasteiger partial charge in [-0.15, -0.1) is 0 Å². The average Bonchev–Trinajstić information content (AvgIpc) is 2.32. The first kappa shape index (κ1) is 12.7. The van der Waals surface area contributed by atoms with E-state index in [1.165, 1.54) is 0 Å². The van der Waals surface area contributed by atoms with Gasteiger partial charge < -0.3 is 15.4 Å². The number of fused-ring (bicyclic) bond motifs is 1. The zero-order chi connectivity index (χ0) is 13.4. The Bertz CT molecular complexity index is 483. The van der Waals surface area contributed by atoms with Gasteiger partial charge in [-0.1, -0.05) is 20.8 Å². The first-order valence-electron chi connectivity index (χ1n) is 6.32. The molecule has 2 N–H and O–H groups in total. The number of likely N-dealkylation sites (N-methyl/N-ethyl adjacent to an activating group) is 1. The van der Waals surface area contributed by atoms with Crippen LogP contribution in [-0.2, 0) is 11.2 Å². The second-order valence-corrected chi connectivity index (χ2v) is 5.06. The van der Waals surface area contributed by atoms with E-state index in [1.54, 1.807) is 18.0 Å². The molecule has 0 fully saturated rings. The lowest BCUT2D eigenvalue weighted by Crippen LogP contribution is -2.46. The number of hydrogen-bond donors (Lipinski definition) is 1. The predicted octanol–water partition coefficient (Wildman–Crippen LogP) is 2.21. The largest absolute Gasteiger partial charge is 0.478 e. The van der Waals surface area contributed by atoms with E-state index in [-0.39, 0.29) is 11.8 Å². The molecule has 1 aliphatic rings. The van der Waals surface area contributed by atoms with Crippen LogP contribution in [0.25, 0.3) is 0 Å². The first-order chi connectivity index (χ1) is 8.45. The number of nitrogens with zero attached hydrogens (tertiary/aromatic N) is 1. The fourth-order valence-corrected chi connectivity index (χ4v) is 2.25. The molecule has 1 amide bonds. The molecule has 1 aromatic carbocycles. The van der Waals surface area contributed by atoms with E-state index >= 15 is 0 Å². The van der Waals surface area contributed by atoms with Crippen LogP contribution in [0.1, 0.15) is 26.3 Å². The predicted molar refractivity (Wildman–Crippen MR) is 72.9 cm³/mol. The topological polar surface area (TPSA) is 55.6 Å². The van der Waals surface area contributed by atoms with Crippen LogP contribution in [0, 0.1) is 5.92 Å². The number of nitrogens with two attached hydrogens (primary N) is 1. The van der Waals surface area contributed by atoms with Crippen LogP contribution in [0.5, 0.6) is 5.75 Å². The van der Waals surface area contributed by atoms with Crippen LogP contribution in [0.4, 0.5) is 11.4 Å². The molecule has 0 aliphatic carbocycles. The molecule has 0 saturated heterocycles. The average molecular weight is 248 g/mol. The Hall–Kier alpha value is -1.71. The Kier molecular flexibility index (Phi) is 3.20. The summed E-state index contributed by atoms with van der Waals surface area (Å²) in [4.78, 5) is 13.9. The molecule has 0 saturated carbocycles. The van der Waals surface area contributed by atoms with E-state index in [1.807, 2.05) is 19.9 Å². The Morgan fingerprint density at radius 3 is 2.67 bits per heavy atom. The van der Waals surface area contributed by atoms with Crippen molar-refractivity contribution < 1.29 is 9.53 Å². The number of rotatable bonds is 2. The van der Waals surface area contributed by atoms with Crippen LogP contribution >= 0.6 is 0 Å². The van der Waals surface area contributed by atoms with Gasteiger partial charge >= 0.3 is 0 Å². The summed E-state index contributed by atoms with van der Waals surface area (Å²) in [7, 11) is 1.78. The summed E-state index contributed by atoms with van der Waals surface area (Å²) in [5, 5.41) is 0. The third-order valence-corrected chi connectivity index (χ3v) is 3.34. The van der Waals surface area contributed by atoms with Crippen LogP contribution in [-0.4, -0.2) is 19.1 Å². The van der Waals surface area contributed by atoms with Crippen molar-refractivity contribution in [2.75, 3.05) is 17.7 Å². The van der Waals surface area contributed by atoms with E-state index < -0.39 is 6.10 Å². The van der Waals surface area contributed by atoms with Crippen molar-refractivity contribution in [3.63, 3.8) is 0 Å². The zero-order valence-electron chi connectivity index (χ0n) is 11.4. The molecule has 1 unspecified atom stereocenters. The fourth-order valence-electron chi connectivity index (χ4n) is 2.25. The Balaban J connectivity index is 2.54. The highest BCUT2D eigenvalue weighted by atomic mass is 16.5. The van der Waals surface area contributed by atoms with Crippen LogP contribution in [0.15, 0.2) is 12.1 Å². The third kappa shape index (κ3) is 1.92. The molecule has 0 bridgehead atoms. The van der Waals surface area contributed by atoms with Crippen molar-refractivity contribution in [2.24, 2.45) is 5.92 Å². The van der Waals surface area contributed by atoms with Gasteiger partial charge in [0.05, 0.1) is 5.69 Å². The van der Waals surface area contributed by atoms with Gasteiger partial charge in [-0.2, -0.15) is 0 Å². The van der Waals surface area contributed by atoms with Gasteiger partial charge in [-0.05, 0) is 30.0 Å². The van der Waals surface area contributed by atoms with Crippen molar-refractivity contribution in [1.29, 1.82) is 0 Å². The van der Waals surface area contributed by atoms with Crippen molar-refractivity contribution >= 4 is 17.3 Å². The van der Waals surface area contributed by atoms with Crippen molar-refractivity contribution in [2.45, 2.75) is 33.3 Å². The summed E-state index contributed by atoms with van der Waals surface area (Å²) in [5.74, 6) is 0.938. The molecular weight excluding hydrogens is 228 g/mol. The van der Waals surface area contributed by atoms with E-state index in [9.17, 15) is 4.79 Å². The Morgan fingerprint density at radius 2 is 2.11 bits per heavy atom. The highest BCUT2D eigenvalue weighted by molar-refractivity contribution is 6.00. The molecular formula is C14H20N2O2. The summed E-state index contributed by atoms with van der Waals surface area (Å²) >= 11 is 0. The second-order valence-electron chi connectivity index (χ2n) is 5.06. The molecule has 1 aromatic rings. The molecule has 0 aromatic heterocycles. The Morgan fingerprint density at radius 1 is 1.44 bits per heavy atom. The minimum atomic E-state index is -0.406. The molecule has 0 radical (unpaired) electrons. The summed E-state index contributed by atoms with van der Waals surface area (Å²) < 4.78 is 5.91. The van der Waals surface area contributed by atoms with E-state index in [0.717, 1.165) is 23.4 Å². The number of nitrogen functional groups attached to an aromatic ring is 1. The zero-order valence-corrected chi connectivity index (χ0v) is 11.4. The lowest BCUT2D eigenvalue weighted by Gasteiger charge is -2.35. The van der Waals surface area contributed by atoms with E-state index in [2.05, 4.69) is 6.92 Å². The number of ether oxygens (including phenoxy) is 1. The van der Waals surface area contributed by atoms with Gasteiger partial charge in [-0.3, -0.25) is 4.79 Å². The van der Waals surface area contributed by atoms with Crippen LogP contribution < -0.4 is 15.4 Å². The molecule has 1 atom stereocenters. The molecule has 0 spiro atoms. The van der Waals surface area contributed by atoms with Gasteiger partial charge in [0.1, 0.15) is 5.75 Å². The third-order valence-electron chi connectivity index (χ3n) is 3.34. The highest BCUT2D eigenvalue weighted by Crippen LogP contribution is 2.39. The second kappa shape index (κ2) is 4.52. The highest BCUT2D eigenvalue weighted by Gasteiger charge is 2.35. The normalized spacial score (nSPS) is 18.8. The number of carbonyl (C=O) groups excluding carboxylic acids is 1. The van der Waals surface area contributed by atoms with Gasteiger partial charge in [0.25, 0.3) is 5.91 Å². The lowest BCUT2D eigenvalue weighted by atomic mass is 10.0. The summed E-state index contributed by atoms with van der Waals surface area (Å²) in [5.41, 5.74) is 8.35. The first-order valence-corrected chi connectivity index (χ1v) is 6.32. The van der Waals surface area contributed by atoms with Crippen LogP contribution in [0.3, 0.4) is 0 Å². The number of hydrogen-bond acceptors (Lipinski definition) is 3. The van der Waals surface area contributed by atoms with Crippen molar-refractivity contribution in [3.8, 4) is 5.75 Å². The van der Waals surface area contributed by atoms with Crippen molar-refractivity contribution in [3.05, 3.63) is 17.7 Å². The van der Waals surface area contributed by atoms with Crippen molar-refractivity contribution in [1.82, 2.24) is 0 Å². The number of amides is 1. The summed E-state index contributed by atoms with van der Waals surface area (Å²) in [6, 6.07) is 3.71. The number of carbonyl (C=O) groups is 1. The molecule has 4 nitrogen and oxygen atoms in total. The minimum Gasteiger partial charge on any atom is -0.478 e. The number of aryl methyl sites for hydroxylation is 1. The fraction of sp³-hybridized carbons (Fsp3) is 0.500. The van der Waals surface area contributed by atoms with Crippen LogP contribution in [0.2, 0.25) is 0 Å². The number of benzene rings is 1.